The Kier molecular flexibility index (Phi) is 51.4. The summed E-state index contributed by atoms with van der Waals surface area (Å²) in [4.78, 5) is 20.7. The first-order chi connectivity index (χ1) is 35.0. The third-order valence-electron chi connectivity index (χ3n) is 13.3. The van der Waals surface area contributed by atoms with E-state index in [-0.39, 0.29) is 19.8 Å². The molecular weight excluding hydrogens is 953 g/mol. The first kappa shape index (κ1) is 73.4. The summed E-state index contributed by atoms with van der Waals surface area (Å²) in [6, 6.07) is 0. The molecule has 0 saturated carbocycles. The largest absolute Gasteiger partial charge is 0.481 e. The molecule has 3 heterocycles. The van der Waals surface area contributed by atoms with Gasteiger partial charge in [0.05, 0.1) is 39.6 Å². The number of rotatable bonds is 38. The Hall–Kier alpha value is -1.66. The molecule has 3 aliphatic heterocycles. The van der Waals surface area contributed by atoms with Crippen molar-refractivity contribution in [2.24, 2.45) is 0 Å². The van der Waals surface area contributed by atoms with Crippen LogP contribution in [0.25, 0.3) is 0 Å². The number of ether oxygens (including phenoxy) is 3. The number of aliphatic hydroxyl groups is 12. The molecule has 0 amide bonds. The fourth-order valence-electron chi connectivity index (χ4n) is 8.50. The average Bonchev–Trinajstić information content (AvgIpc) is 4.03. The van der Waals surface area contributed by atoms with Gasteiger partial charge in [-0.3, -0.25) is 9.59 Å². The molecule has 3 aliphatic rings. The highest BCUT2D eigenvalue weighted by atomic mass is 16.6. The summed E-state index contributed by atoms with van der Waals surface area (Å²) in [6.07, 6.45) is 28.3. The summed E-state index contributed by atoms with van der Waals surface area (Å²) in [6.45, 7) is 3.12. The molecule has 73 heavy (non-hydrogen) atoms. The van der Waals surface area contributed by atoms with E-state index < -0.39 is 105 Å². The lowest BCUT2D eigenvalue weighted by Crippen LogP contribution is -2.40. The van der Waals surface area contributed by atoms with Gasteiger partial charge in [0.1, 0.15) is 73.2 Å². The highest BCUT2D eigenvalue weighted by molar-refractivity contribution is 5.66. The van der Waals surface area contributed by atoms with Crippen molar-refractivity contribution in [1.82, 2.24) is 0 Å². The zero-order valence-electron chi connectivity index (χ0n) is 45.1. The number of aliphatic hydroxyl groups excluding tert-OH is 12. The van der Waals surface area contributed by atoms with Gasteiger partial charge in [-0.05, 0) is 12.8 Å². The van der Waals surface area contributed by atoms with Crippen molar-refractivity contribution >= 4 is 11.9 Å². The van der Waals surface area contributed by atoms with Gasteiger partial charge in [-0.1, -0.05) is 194 Å². The third kappa shape index (κ3) is 41.2. The predicted molar refractivity (Wildman–Crippen MR) is 279 cm³/mol. The molecule has 14 N–H and O–H groups in total. The van der Waals surface area contributed by atoms with Crippen molar-refractivity contribution in [3.63, 3.8) is 0 Å². The van der Waals surface area contributed by atoms with Crippen LogP contribution in [0.4, 0.5) is 0 Å². The minimum absolute atomic E-state index is 0.00287. The van der Waals surface area contributed by atoms with E-state index in [1.165, 1.54) is 167 Å². The molecular formula is C54H108O19. The molecule has 12 unspecified atom stereocenters. The zero-order valence-corrected chi connectivity index (χ0v) is 45.1. The molecule has 0 aliphatic carbocycles. The van der Waals surface area contributed by atoms with E-state index in [1.54, 1.807) is 0 Å². The summed E-state index contributed by atoms with van der Waals surface area (Å²) in [7, 11) is 0. The maximum absolute atomic E-state index is 10.3. The Morgan fingerprint density at radius 3 is 0.671 bits per heavy atom. The van der Waals surface area contributed by atoms with Crippen LogP contribution in [0.2, 0.25) is 0 Å². The van der Waals surface area contributed by atoms with Gasteiger partial charge < -0.3 is 85.7 Å². The number of carboxylic acids is 2. The Bertz CT molecular complexity index is 1090. The van der Waals surface area contributed by atoms with Crippen LogP contribution in [0.3, 0.4) is 0 Å². The Morgan fingerprint density at radius 1 is 0.356 bits per heavy atom. The topological polar surface area (TPSA) is 345 Å². The predicted octanol–water partition coefficient (Wildman–Crippen LogP) is 5.05. The normalized spacial score (nSPS) is 24.4. The van der Waals surface area contributed by atoms with Crippen LogP contribution in [0.15, 0.2) is 0 Å². The molecule has 438 valence electrons. The maximum atomic E-state index is 10.3. The molecule has 3 saturated heterocycles. The maximum Gasteiger partial charge on any atom is 0.303 e. The minimum atomic E-state index is -1.12. The zero-order chi connectivity index (χ0) is 55.1. The van der Waals surface area contributed by atoms with Gasteiger partial charge in [0.2, 0.25) is 0 Å². The van der Waals surface area contributed by atoms with E-state index in [0.29, 0.717) is 12.8 Å². The standard InChI is InChI=1S/2C18H36O2.3C6H12O5/c2*1-2-3-4-5-6-7-8-9-10-11-12-13-14-15-16-17-18(19)20;3*7-1-3(8)6-5(10)4(9)2-11-6/h2*2-17H2,1H3,(H,19,20);3*3-10H,1-2H2. The average molecular weight is 1060 g/mol. The summed E-state index contributed by atoms with van der Waals surface area (Å²) in [5, 5.41) is 124. The lowest BCUT2D eigenvalue weighted by atomic mass is 10.0. The Morgan fingerprint density at radius 2 is 0.534 bits per heavy atom. The summed E-state index contributed by atoms with van der Waals surface area (Å²) in [5.74, 6) is -1.31. The summed E-state index contributed by atoms with van der Waals surface area (Å²) >= 11 is 0. The van der Waals surface area contributed by atoms with Crippen molar-refractivity contribution in [1.29, 1.82) is 0 Å². The second-order valence-corrected chi connectivity index (χ2v) is 20.0. The summed E-state index contributed by atoms with van der Waals surface area (Å²) in [5.41, 5.74) is 0. The van der Waals surface area contributed by atoms with Crippen LogP contribution in [0.1, 0.15) is 219 Å². The van der Waals surface area contributed by atoms with Gasteiger partial charge in [0.15, 0.2) is 0 Å². The molecule has 0 radical (unpaired) electrons. The van der Waals surface area contributed by atoms with Gasteiger partial charge in [-0.2, -0.15) is 0 Å². The Labute approximate surface area is 438 Å². The first-order valence-corrected chi connectivity index (χ1v) is 28.3. The van der Waals surface area contributed by atoms with Gasteiger partial charge in [-0.15, -0.1) is 0 Å². The Balaban J connectivity index is 0. The van der Waals surface area contributed by atoms with Gasteiger partial charge in [0, 0.05) is 12.8 Å². The van der Waals surface area contributed by atoms with E-state index in [1.807, 2.05) is 0 Å². The van der Waals surface area contributed by atoms with Crippen LogP contribution in [-0.2, 0) is 23.8 Å². The highest BCUT2D eigenvalue weighted by Crippen LogP contribution is 2.20. The number of hydrogen-bond acceptors (Lipinski definition) is 17. The molecule has 0 aromatic rings. The van der Waals surface area contributed by atoms with Gasteiger partial charge >= 0.3 is 11.9 Å². The lowest BCUT2D eigenvalue weighted by molar-refractivity contribution is -0.138. The van der Waals surface area contributed by atoms with Crippen molar-refractivity contribution in [2.45, 2.75) is 293 Å². The molecule has 0 aromatic carbocycles. The molecule has 0 bridgehead atoms. The fourth-order valence-corrected chi connectivity index (χ4v) is 8.50. The second-order valence-electron chi connectivity index (χ2n) is 20.0. The monoisotopic (exact) mass is 1060 g/mol. The lowest BCUT2D eigenvalue weighted by Gasteiger charge is -2.18. The van der Waals surface area contributed by atoms with E-state index in [0.717, 1.165) is 25.7 Å². The second kappa shape index (κ2) is 51.1. The summed E-state index contributed by atoms with van der Waals surface area (Å²) < 4.78 is 14.5. The van der Waals surface area contributed by atoms with Crippen LogP contribution in [0.5, 0.6) is 0 Å². The van der Waals surface area contributed by atoms with Crippen molar-refractivity contribution in [3.05, 3.63) is 0 Å². The van der Waals surface area contributed by atoms with Crippen LogP contribution in [-0.4, -0.2) is 196 Å². The number of aliphatic carboxylic acids is 2. The number of carbonyl (C=O) groups is 2. The van der Waals surface area contributed by atoms with E-state index in [9.17, 15) is 9.59 Å². The molecule has 0 aromatic heterocycles. The molecule has 0 spiro atoms. The number of hydrogen-bond donors (Lipinski definition) is 14. The smallest absolute Gasteiger partial charge is 0.303 e. The van der Waals surface area contributed by atoms with Crippen molar-refractivity contribution < 1.29 is 95.3 Å². The third-order valence-corrected chi connectivity index (χ3v) is 13.3. The van der Waals surface area contributed by atoms with E-state index in [2.05, 4.69) is 13.8 Å². The van der Waals surface area contributed by atoms with Crippen molar-refractivity contribution in [3.8, 4) is 0 Å². The van der Waals surface area contributed by atoms with Crippen LogP contribution in [0, 0.1) is 0 Å². The van der Waals surface area contributed by atoms with E-state index in [4.69, 9.17) is 85.7 Å². The van der Waals surface area contributed by atoms with Crippen LogP contribution >= 0.6 is 0 Å². The van der Waals surface area contributed by atoms with Gasteiger partial charge in [-0.25, -0.2) is 0 Å². The van der Waals surface area contributed by atoms with Crippen molar-refractivity contribution in [2.75, 3.05) is 39.6 Å². The minimum Gasteiger partial charge on any atom is -0.481 e. The van der Waals surface area contributed by atoms with Crippen LogP contribution < -0.4 is 0 Å². The van der Waals surface area contributed by atoms with Gasteiger partial charge in [0.25, 0.3) is 0 Å². The molecule has 3 fully saturated rings. The molecule has 19 heteroatoms. The fraction of sp³-hybridized carbons (Fsp3) is 0.963. The SMILES string of the molecule is CCCCCCCCCCCCCCCCCC(=O)O.CCCCCCCCCCCCCCCCCC(=O)O.OCC(O)C1OCC(O)C1O.OCC(O)C1OCC(O)C1O.OCC(O)C1OCC(O)C1O. The quantitative estimate of drug-likeness (QED) is 0.0360. The highest BCUT2D eigenvalue weighted by Gasteiger charge is 2.40. The molecule has 19 nitrogen and oxygen atoms in total. The molecule has 12 atom stereocenters. The molecule has 3 rings (SSSR count). The first-order valence-electron chi connectivity index (χ1n) is 28.3. The number of carboxylic acid groups (broad SMARTS) is 2. The number of unbranched alkanes of at least 4 members (excludes halogenated alkanes) is 28. The van der Waals surface area contributed by atoms with E-state index >= 15 is 0 Å².